The zero-order chi connectivity index (χ0) is 21.5. The number of halogens is 2. The molecule has 0 aliphatic carbocycles. The van der Waals surface area contributed by atoms with Crippen LogP contribution in [0.25, 0.3) is 0 Å². The first-order valence-corrected chi connectivity index (χ1v) is 9.49. The van der Waals surface area contributed by atoms with Gasteiger partial charge in [0.05, 0.1) is 19.8 Å². The molecular formula is C21H22F2N2O5. The van der Waals surface area contributed by atoms with Gasteiger partial charge in [-0.2, -0.15) is 0 Å². The average Bonchev–Trinajstić information content (AvgIpc) is 2.76. The van der Waals surface area contributed by atoms with Crippen molar-refractivity contribution >= 4 is 17.5 Å². The number of carbonyl (C=O) groups excluding carboxylic acids is 2. The fraction of sp³-hybridized carbons (Fsp3) is 0.333. The molecule has 2 aromatic carbocycles. The third-order valence-corrected chi connectivity index (χ3v) is 4.40. The van der Waals surface area contributed by atoms with Crippen molar-refractivity contribution in [2.45, 2.75) is 6.92 Å². The predicted octanol–water partition coefficient (Wildman–Crippen LogP) is 2.85. The lowest BCUT2D eigenvalue weighted by Crippen LogP contribution is -2.43. The summed E-state index contributed by atoms with van der Waals surface area (Å²) < 4.78 is 42.7. The molecule has 0 saturated carbocycles. The molecule has 2 amide bonds. The van der Waals surface area contributed by atoms with Crippen LogP contribution in [0, 0.1) is 11.6 Å². The van der Waals surface area contributed by atoms with Gasteiger partial charge in [0, 0.05) is 30.4 Å². The normalized spacial score (nSPS) is 13.6. The number of amides is 2. The van der Waals surface area contributed by atoms with Crippen LogP contribution in [0.1, 0.15) is 17.3 Å². The number of hydrogen-bond donors (Lipinski definition) is 1. The van der Waals surface area contributed by atoms with E-state index in [-0.39, 0.29) is 23.8 Å². The van der Waals surface area contributed by atoms with E-state index in [2.05, 4.69) is 5.32 Å². The standard InChI is InChI=1S/C21H22F2N2O5/c1-2-29-19-11-14(21(27)24-15-4-5-16(22)17(23)12-15)3-6-18(19)30-13-20(26)25-7-9-28-10-8-25/h3-6,11-12H,2,7-10,13H2,1H3,(H,24,27). The highest BCUT2D eigenvalue weighted by molar-refractivity contribution is 6.04. The van der Waals surface area contributed by atoms with E-state index in [1.165, 1.54) is 24.3 Å². The van der Waals surface area contributed by atoms with Crippen molar-refractivity contribution in [2.75, 3.05) is 44.8 Å². The summed E-state index contributed by atoms with van der Waals surface area (Å²) in [6.45, 7) is 3.96. The molecule has 0 atom stereocenters. The Morgan fingerprint density at radius 2 is 1.80 bits per heavy atom. The molecule has 0 aromatic heterocycles. The van der Waals surface area contributed by atoms with Gasteiger partial charge < -0.3 is 24.4 Å². The zero-order valence-corrected chi connectivity index (χ0v) is 16.5. The van der Waals surface area contributed by atoms with E-state index in [9.17, 15) is 18.4 Å². The van der Waals surface area contributed by atoms with E-state index in [0.717, 1.165) is 12.1 Å². The van der Waals surface area contributed by atoms with Crippen LogP contribution in [0.5, 0.6) is 11.5 Å². The van der Waals surface area contributed by atoms with Gasteiger partial charge in [-0.25, -0.2) is 8.78 Å². The molecule has 30 heavy (non-hydrogen) atoms. The number of morpholine rings is 1. The van der Waals surface area contributed by atoms with E-state index in [1.54, 1.807) is 11.8 Å². The lowest BCUT2D eigenvalue weighted by atomic mass is 10.1. The summed E-state index contributed by atoms with van der Waals surface area (Å²) >= 11 is 0. The number of carbonyl (C=O) groups is 2. The second-order valence-corrected chi connectivity index (χ2v) is 6.46. The van der Waals surface area contributed by atoms with Crippen LogP contribution in [0.15, 0.2) is 36.4 Å². The lowest BCUT2D eigenvalue weighted by molar-refractivity contribution is -0.137. The number of rotatable bonds is 7. The van der Waals surface area contributed by atoms with Crippen LogP contribution in [0.4, 0.5) is 14.5 Å². The molecular weight excluding hydrogens is 398 g/mol. The molecule has 0 radical (unpaired) electrons. The minimum Gasteiger partial charge on any atom is -0.490 e. The third kappa shape index (κ3) is 5.44. The highest BCUT2D eigenvalue weighted by Crippen LogP contribution is 2.29. The molecule has 9 heteroatoms. The molecule has 3 rings (SSSR count). The van der Waals surface area contributed by atoms with Crippen LogP contribution in [0.2, 0.25) is 0 Å². The molecule has 160 valence electrons. The van der Waals surface area contributed by atoms with Crippen molar-refractivity contribution in [1.29, 1.82) is 0 Å². The summed E-state index contributed by atoms with van der Waals surface area (Å²) in [5.74, 6) is -2.14. The first-order chi connectivity index (χ1) is 14.5. The van der Waals surface area contributed by atoms with Crippen molar-refractivity contribution < 1.29 is 32.6 Å². The summed E-state index contributed by atoms with van der Waals surface area (Å²) in [6.07, 6.45) is 0. The number of benzene rings is 2. The van der Waals surface area contributed by atoms with E-state index in [0.29, 0.717) is 44.4 Å². The first kappa shape index (κ1) is 21.5. The van der Waals surface area contributed by atoms with Crippen LogP contribution in [0.3, 0.4) is 0 Å². The van der Waals surface area contributed by atoms with Gasteiger partial charge in [0.25, 0.3) is 11.8 Å². The highest BCUT2D eigenvalue weighted by atomic mass is 19.2. The van der Waals surface area contributed by atoms with E-state index < -0.39 is 17.5 Å². The fourth-order valence-corrected chi connectivity index (χ4v) is 2.86. The van der Waals surface area contributed by atoms with Gasteiger partial charge in [0.2, 0.25) is 0 Å². The van der Waals surface area contributed by atoms with Gasteiger partial charge >= 0.3 is 0 Å². The van der Waals surface area contributed by atoms with E-state index in [4.69, 9.17) is 14.2 Å². The Labute approximate surface area is 172 Å². The molecule has 1 saturated heterocycles. The smallest absolute Gasteiger partial charge is 0.260 e. The topological polar surface area (TPSA) is 77.1 Å². The lowest BCUT2D eigenvalue weighted by Gasteiger charge is -2.26. The maximum atomic E-state index is 13.3. The Morgan fingerprint density at radius 1 is 1.03 bits per heavy atom. The Bertz CT molecular complexity index is 916. The van der Waals surface area contributed by atoms with Crippen LogP contribution < -0.4 is 14.8 Å². The van der Waals surface area contributed by atoms with Gasteiger partial charge in [0.15, 0.2) is 29.7 Å². The van der Waals surface area contributed by atoms with Crippen molar-refractivity contribution in [3.8, 4) is 11.5 Å². The fourth-order valence-electron chi connectivity index (χ4n) is 2.86. The van der Waals surface area contributed by atoms with Crippen molar-refractivity contribution in [3.05, 3.63) is 53.6 Å². The zero-order valence-electron chi connectivity index (χ0n) is 16.5. The summed E-state index contributed by atoms with van der Waals surface area (Å²) in [7, 11) is 0. The summed E-state index contributed by atoms with van der Waals surface area (Å²) in [5.41, 5.74) is 0.350. The van der Waals surface area contributed by atoms with Gasteiger partial charge in [-0.05, 0) is 37.3 Å². The first-order valence-electron chi connectivity index (χ1n) is 9.49. The molecule has 0 bridgehead atoms. The number of nitrogens with one attached hydrogen (secondary N) is 1. The molecule has 1 heterocycles. The Hall–Kier alpha value is -3.20. The largest absolute Gasteiger partial charge is 0.490 e. The van der Waals surface area contributed by atoms with E-state index in [1.807, 2.05) is 0 Å². The molecule has 7 nitrogen and oxygen atoms in total. The van der Waals surface area contributed by atoms with Crippen LogP contribution >= 0.6 is 0 Å². The summed E-state index contributed by atoms with van der Waals surface area (Å²) in [6, 6.07) is 7.57. The number of ether oxygens (including phenoxy) is 3. The Morgan fingerprint density at radius 3 is 2.50 bits per heavy atom. The van der Waals surface area contributed by atoms with Crippen molar-refractivity contribution in [1.82, 2.24) is 4.90 Å². The number of nitrogens with zero attached hydrogens (tertiary/aromatic N) is 1. The van der Waals surface area contributed by atoms with Gasteiger partial charge in [-0.1, -0.05) is 0 Å². The maximum absolute atomic E-state index is 13.3. The van der Waals surface area contributed by atoms with Gasteiger partial charge in [-0.15, -0.1) is 0 Å². The molecule has 0 unspecified atom stereocenters. The Balaban J connectivity index is 1.68. The number of anilines is 1. The molecule has 2 aromatic rings. The minimum absolute atomic E-state index is 0.119. The number of hydrogen-bond acceptors (Lipinski definition) is 5. The van der Waals surface area contributed by atoms with Crippen LogP contribution in [-0.2, 0) is 9.53 Å². The maximum Gasteiger partial charge on any atom is 0.260 e. The Kier molecular flexibility index (Phi) is 7.18. The average molecular weight is 420 g/mol. The molecule has 1 aliphatic rings. The van der Waals surface area contributed by atoms with E-state index >= 15 is 0 Å². The van der Waals surface area contributed by atoms with Crippen molar-refractivity contribution in [2.24, 2.45) is 0 Å². The predicted molar refractivity (Wildman–Crippen MR) is 105 cm³/mol. The van der Waals surface area contributed by atoms with Gasteiger partial charge in [-0.3, -0.25) is 9.59 Å². The third-order valence-electron chi connectivity index (χ3n) is 4.40. The second kappa shape index (κ2) is 10.0. The van der Waals surface area contributed by atoms with Crippen LogP contribution in [-0.4, -0.2) is 56.2 Å². The monoisotopic (exact) mass is 420 g/mol. The van der Waals surface area contributed by atoms with Crippen molar-refractivity contribution in [3.63, 3.8) is 0 Å². The summed E-state index contributed by atoms with van der Waals surface area (Å²) in [5, 5.41) is 2.49. The molecule has 1 N–H and O–H groups in total. The molecule has 1 fully saturated rings. The minimum atomic E-state index is -1.06. The SMILES string of the molecule is CCOc1cc(C(=O)Nc2ccc(F)c(F)c2)ccc1OCC(=O)N1CCOCC1. The second-order valence-electron chi connectivity index (χ2n) is 6.46. The molecule has 0 spiro atoms. The van der Waals surface area contributed by atoms with Gasteiger partial charge in [0.1, 0.15) is 0 Å². The summed E-state index contributed by atoms with van der Waals surface area (Å²) in [4.78, 5) is 26.4. The highest BCUT2D eigenvalue weighted by Gasteiger charge is 2.19. The molecule has 1 aliphatic heterocycles. The quantitative estimate of drug-likeness (QED) is 0.746.